The number of piperidine rings is 1. The molecule has 1 aromatic carbocycles. The van der Waals surface area contributed by atoms with Gasteiger partial charge in [0.05, 0.1) is 0 Å². The second-order valence-electron chi connectivity index (χ2n) is 6.83. The quantitative estimate of drug-likeness (QED) is 0.878. The average molecular weight is 378 g/mol. The Labute approximate surface area is 155 Å². The SMILES string of the molecule is Cc1ccc(NC(=O)C2CCN(c3cc(C(F)(F)F)ncn3)CC2)c(C)c1. The highest BCUT2D eigenvalue weighted by Gasteiger charge is 2.34. The highest BCUT2D eigenvalue weighted by molar-refractivity contribution is 5.93. The van der Waals surface area contributed by atoms with Gasteiger partial charge in [0.1, 0.15) is 17.8 Å². The summed E-state index contributed by atoms with van der Waals surface area (Å²) < 4.78 is 38.4. The van der Waals surface area contributed by atoms with E-state index < -0.39 is 11.9 Å². The molecule has 0 saturated carbocycles. The highest BCUT2D eigenvalue weighted by Crippen LogP contribution is 2.30. The van der Waals surface area contributed by atoms with E-state index >= 15 is 0 Å². The number of hydrogen-bond acceptors (Lipinski definition) is 4. The molecular formula is C19H21F3N4O. The normalized spacial score (nSPS) is 15.7. The Morgan fingerprint density at radius 2 is 1.85 bits per heavy atom. The van der Waals surface area contributed by atoms with Gasteiger partial charge in [-0.15, -0.1) is 0 Å². The first kappa shape index (κ1) is 19.1. The van der Waals surface area contributed by atoms with Gasteiger partial charge in [-0.3, -0.25) is 4.79 Å². The second kappa shape index (κ2) is 7.54. The lowest BCUT2D eigenvalue weighted by molar-refractivity contribution is -0.141. The maximum Gasteiger partial charge on any atom is 0.433 e. The molecule has 0 spiro atoms. The zero-order chi connectivity index (χ0) is 19.6. The molecule has 0 bridgehead atoms. The lowest BCUT2D eigenvalue weighted by Crippen LogP contribution is -2.38. The molecule has 1 N–H and O–H groups in total. The Morgan fingerprint density at radius 1 is 1.15 bits per heavy atom. The van der Waals surface area contributed by atoms with E-state index in [1.165, 1.54) is 0 Å². The summed E-state index contributed by atoms with van der Waals surface area (Å²) in [6.07, 6.45) is -2.46. The van der Waals surface area contributed by atoms with Crippen molar-refractivity contribution >= 4 is 17.4 Å². The zero-order valence-electron chi connectivity index (χ0n) is 15.2. The van der Waals surface area contributed by atoms with Crippen molar-refractivity contribution in [3.05, 3.63) is 47.4 Å². The van der Waals surface area contributed by atoms with Gasteiger partial charge in [0.2, 0.25) is 5.91 Å². The number of alkyl halides is 3. The molecule has 1 aliphatic rings. The molecule has 2 heterocycles. The Balaban J connectivity index is 1.61. The summed E-state index contributed by atoms with van der Waals surface area (Å²) in [6.45, 7) is 4.88. The summed E-state index contributed by atoms with van der Waals surface area (Å²) in [6, 6.07) is 6.79. The molecule has 0 atom stereocenters. The van der Waals surface area contributed by atoms with Crippen LogP contribution in [0.4, 0.5) is 24.7 Å². The number of nitrogens with zero attached hydrogens (tertiary/aromatic N) is 3. The fraction of sp³-hybridized carbons (Fsp3) is 0.421. The molecule has 144 valence electrons. The molecule has 27 heavy (non-hydrogen) atoms. The van der Waals surface area contributed by atoms with Crippen LogP contribution in [0.5, 0.6) is 0 Å². The summed E-state index contributed by atoms with van der Waals surface area (Å²) in [5, 5.41) is 2.96. The molecular weight excluding hydrogens is 357 g/mol. The first-order chi connectivity index (χ1) is 12.7. The summed E-state index contributed by atoms with van der Waals surface area (Å²) in [5.74, 6) is 0.0108. The van der Waals surface area contributed by atoms with Crippen molar-refractivity contribution in [2.24, 2.45) is 5.92 Å². The van der Waals surface area contributed by atoms with Crippen LogP contribution in [0.3, 0.4) is 0 Å². The van der Waals surface area contributed by atoms with Gasteiger partial charge in [0, 0.05) is 30.8 Å². The van der Waals surface area contributed by atoms with Crippen molar-refractivity contribution < 1.29 is 18.0 Å². The fourth-order valence-corrected chi connectivity index (χ4v) is 3.23. The molecule has 2 aromatic rings. The van der Waals surface area contributed by atoms with Gasteiger partial charge in [-0.1, -0.05) is 17.7 Å². The summed E-state index contributed by atoms with van der Waals surface area (Å²) >= 11 is 0. The number of aromatic nitrogens is 2. The van der Waals surface area contributed by atoms with Crippen molar-refractivity contribution in [3.63, 3.8) is 0 Å². The van der Waals surface area contributed by atoms with Crippen molar-refractivity contribution in [1.82, 2.24) is 9.97 Å². The number of benzene rings is 1. The van der Waals surface area contributed by atoms with E-state index in [0.29, 0.717) is 25.9 Å². The number of rotatable bonds is 3. The number of amides is 1. The van der Waals surface area contributed by atoms with Crippen LogP contribution < -0.4 is 10.2 Å². The average Bonchev–Trinajstić information content (AvgIpc) is 2.63. The van der Waals surface area contributed by atoms with Crippen molar-refractivity contribution in [1.29, 1.82) is 0 Å². The van der Waals surface area contributed by atoms with Gasteiger partial charge in [0.15, 0.2) is 0 Å². The van der Waals surface area contributed by atoms with Gasteiger partial charge >= 0.3 is 6.18 Å². The number of carbonyl (C=O) groups excluding carboxylic acids is 1. The van der Waals surface area contributed by atoms with E-state index in [-0.39, 0.29) is 17.6 Å². The van der Waals surface area contributed by atoms with Crippen LogP contribution in [0.2, 0.25) is 0 Å². The van der Waals surface area contributed by atoms with Crippen molar-refractivity contribution in [2.45, 2.75) is 32.9 Å². The van der Waals surface area contributed by atoms with Crippen molar-refractivity contribution in [2.75, 3.05) is 23.3 Å². The van der Waals surface area contributed by atoms with E-state index in [1.807, 2.05) is 32.0 Å². The van der Waals surface area contributed by atoms with Gasteiger partial charge in [-0.2, -0.15) is 13.2 Å². The largest absolute Gasteiger partial charge is 0.433 e. The van der Waals surface area contributed by atoms with E-state index in [2.05, 4.69) is 15.3 Å². The standard InChI is InChI=1S/C19H21F3N4O/c1-12-3-4-15(13(2)9-12)25-18(27)14-5-7-26(8-6-14)17-10-16(19(20,21)22)23-11-24-17/h3-4,9-11,14H,5-8H2,1-2H3,(H,25,27). The minimum atomic E-state index is -4.50. The molecule has 1 saturated heterocycles. The fourth-order valence-electron chi connectivity index (χ4n) is 3.23. The molecule has 1 fully saturated rings. The highest BCUT2D eigenvalue weighted by atomic mass is 19.4. The third-order valence-electron chi connectivity index (χ3n) is 4.77. The summed E-state index contributed by atoms with van der Waals surface area (Å²) in [4.78, 5) is 21.5. The van der Waals surface area contributed by atoms with Crippen LogP contribution in [-0.2, 0) is 11.0 Å². The summed E-state index contributed by atoms with van der Waals surface area (Å²) in [7, 11) is 0. The minimum absolute atomic E-state index is 0.0553. The summed E-state index contributed by atoms with van der Waals surface area (Å²) in [5.41, 5.74) is 1.96. The molecule has 0 unspecified atom stereocenters. The van der Waals surface area contributed by atoms with Crippen molar-refractivity contribution in [3.8, 4) is 0 Å². The van der Waals surface area contributed by atoms with Crippen LogP contribution in [-0.4, -0.2) is 29.0 Å². The van der Waals surface area contributed by atoms with Gasteiger partial charge < -0.3 is 10.2 Å². The number of carbonyl (C=O) groups is 1. The number of anilines is 2. The monoisotopic (exact) mass is 378 g/mol. The van der Waals surface area contributed by atoms with Gasteiger partial charge in [-0.25, -0.2) is 9.97 Å². The first-order valence-electron chi connectivity index (χ1n) is 8.76. The smallest absolute Gasteiger partial charge is 0.356 e. The molecule has 1 aliphatic heterocycles. The number of nitrogens with one attached hydrogen (secondary N) is 1. The van der Waals surface area contributed by atoms with E-state index in [1.54, 1.807) is 4.90 Å². The minimum Gasteiger partial charge on any atom is -0.356 e. The van der Waals surface area contributed by atoms with Crippen LogP contribution in [0.15, 0.2) is 30.6 Å². The predicted molar refractivity (Wildman–Crippen MR) is 96.5 cm³/mol. The molecule has 3 rings (SSSR count). The zero-order valence-corrected chi connectivity index (χ0v) is 15.2. The van der Waals surface area contributed by atoms with Gasteiger partial charge in [0.25, 0.3) is 0 Å². The number of halogens is 3. The third-order valence-corrected chi connectivity index (χ3v) is 4.77. The number of aryl methyl sites for hydroxylation is 2. The molecule has 1 aromatic heterocycles. The van der Waals surface area contributed by atoms with E-state index in [0.717, 1.165) is 29.2 Å². The van der Waals surface area contributed by atoms with Crippen LogP contribution >= 0.6 is 0 Å². The molecule has 8 heteroatoms. The Bertz CT molecular complexity index is 830. The van der Waals surface area contributed by atoms with E-state index in [9.17, 15) is 18.0 Å². The third kappa shape index (κ3) is 4.56. The number of hydrogen-bond donors (Lipinski definition) is 1. The lowest BCUT2D eigenvalue weighted by Gasteiger charge is -2.32. The molecule has 0 radical (unpaired) electrons. The Hall–Kier alpha value is -2.64. The van der Waals surface area contributed by atoms with Gasteiger partial charge in [-0.05, 0) is 38.3 Å². The van der Waals surface area contributed by atoms with Crippen LogP contribution in [0, 0.1) is 19.8 Å². The first-order valence-corrected chi connectivity index (χ1v) is 8.76. The topological polar surface area (TPSA) is 58.1 Å². The molecule has 0 aliphatic carbocycles. The lowest BCUT2D eigenvalue weighted by atomic mass is 9.95. The van der Waals surface area contributed by atoms with E-state index in [4.69, 9.17) is 0 Å². The van der Waals surface area contributed by atoms with Crippen LogP contribution in [0.25, 0.3) is 0 Å². The Kier molecular flexibility index (Phi) is 5.34. The second-order valence-corrected chi connectivity index (χ2v) is 6.83. The predicted octanol–water partition coefficient (Wildman–Crippen LogP) is 3.97. The Morgan fingerprint density at radius 3 is 2.48 bits per heavy atom. The van der Waals surface area contributed by atoms with Crippen LogP contribution in [0.1, 0.15) is 29.7 Å². The molecule has 1 amide bonds. The maximum atomic E-state index is 12.8. The molecule has 5 nitrogen and oxygen atoms in total. The maximum absolute atomic E-state index is 12.8.